The van der Waals surface area contributed by atoms with Gasteiger partial charge in [0.1, 0.15) is 0 Å². The van der Waals surface area contributed by atoms with E-state index in [2.05, 4.69) is 39.0 Å². The average molecular weight is 279 g/mol. The third-order valence-corrected chi connectivity index (χ3v) is 3.26. The van der Waals surface area contributed by atoms with Crippen LogP contribution >= 0.6 is 0 Å². The molecule has 20 heavy (non-hydrogen) atoms. The highest BCUT2D eigenvalue weighted by molar-refractivity contribution is 5.40. The first kappa shape index (κ1) is 14.8. The van der Waals surface area contributed by atoms with E-state index in [0.29, 0.717) is 24.6 Å². The van der Waals surface area contributed by atoms with Gasteiger partial charge in [-0.05, 0) is 25.7 Å². The molecule has 6 nitrogen and oxygen atoms in total. The molecule has 0 saturated heterocycles. The Morgan fingerprint density at radius 1 is 1.20 bits per heavy atom. The number of rotatable bonds is 9. The highest BCUT2D eigenvalue weighted by atomic mass is 16.5. The molecule has 1 heterocycles. The maximum atomic E-state index is 5.56. The minimum Gasteiger partial charge on any atom is -0.463 e. The molecule has 1 saturated carbocycles. The van der Waals surface area contributed by atoms with Crippen LogP contribution in [0.15, 0.2) is 0 Å². The summed E-state index contributed by atoms with van der Waals surface area (Å²) < 4.78 is 5.56. The van der Waals surface area contributed by atoms with Gasteiger partial charge in [0.25, 0.3) is 0 Å². The van der Waals surface area contributed by atoms with Crippen molar-refractivity contribution in [2.24, 2.45) is 0 Å². The standard InChI is InChI=1S/C14H25N5O/c1-4-6-9-19(11-7-8-11)13-16-12(15-3)17-14(18-13)20-10-5-2/h11H,4-10H2,1-3H3,(H,15,16,17,18). The summed E-state index contributed by atoms with van der Waals surface area (Å²) in [6.45, 7) is 5.90. The molecule has 0 aromatic carbocycles. The molecule has 1 aromatic rings. The zero-order valence-electron chi connectivity index (χ0n) is 12.7. The van der Waals surface area contributed by atoms with Crippen molar-refractivity contribution in [2.45, 2.75) is 52.0 Å². The number of ether oxygens (including phenoxy) is 1. The Kier molecular flexibility index (Phi) is 5.38. The summed E-state index contributed by atoms with van der Waals surface area (Å²) in [7, 11) is 1.82. The fourth-order valence-electron chi connectivity index (χ4n) is 2.00. The SMILES string of the molecule is CCCCN(c1nc(NC)nc(OCCC)n1)C1CC1. The quantitative estimate of drug-likeness (QED) is 0.749. The summed E-state index contributed by atoms with van der Waals surface area (Å²) in [5.41, 5.74) is 0. The number of hydrogen-bond donors (Lipinski definition) is 1. The molecule has 1 aliphatic rings. The molecule has 1 N–H and O–H groups in total. The first-order chi connectivity index (χ1) is 9.78. The van der Waals surface area contributed by atoms with Crippen LogP contribution in [-0.4, -0.2) is 41.2 Å². The van der Waals surface area contributed by atoms with Gasteiger partial charge in [0.2, 0.25) is 11.9 Å². The molecule has 0 atom stereocenters. The van der Waals surface area contributed by atoms with Crippen molar-refractivity contribution in [3.8, 4) is 6.01 Å². The molecule has 1 aromatic heterocycles. The largest absolute Gasteiger partial charge is 0.463 e. The van der Waals surface area contributed by atoms with Crippen molar-refractivity contribution in [1.82, 2.24) is 15.0 Å². The summed E-state index contributed by atoms with van der Waals surface area (Å²) in [4.78, 5) is 15.5. The van der Waals surface area contributed by atoms with Crippen molar-refractivity contribution in [2.75, 3.05) is 30.4 Å². The van der Waals surface area contributed by atoms with Crippen molar-refractivity contribution in [3.05, 3.63) is 0 Å². The van der Waals surface area contributed by atoms with Gasteiger partial charge in [0, 0.05) is 19.6 Å². The summed E-state index contributed by atoms with van der Waals surface area (Å²) >= 11 is 0. The lowest BCUT2D eigenvalue weighted by atomic mass is 10.3. The molecule has 0 amide bonds. The predicted molar refractivity (Wildman–Crippen MR) is 80.4 cm³/mol. The lowest BCUT2D eigenvalue weighted by Gasteiger charge is -2.22. The molecule has 1 aliphatic carbocycles. The van der Waals surface area contributed by atoms with Crippen LogP contribution in [0.2, 0.25) is 0 Å². The number of aromatic nitrogens is 3. The van der Waals surface area contributed by atoms with E-state index in [1.54, 1.807) is 0 Å². The van der Waals surface area contributed by atoms with Gasteiger partial charge in [-0.25, -0.2) is 0 Å². The second-order valence-electron chi connectivity index (χ2n) is 5.12. The van der Waals surface area contributed by atoms with Crippen LogP contribution in [-0.2, 0) is 0 Å². The topological polar surface area (TPSA) is 63.2 Å². The van der Waals surface area contributed by atoms with E-state index in [9.17, 15) is 0 Å². The summed E-state index contributed by atoms with van der Waals surface area (Å²) in [6.07, 6.45) is 5.73. The second kappa shape index (κ2) is 7.26. The highest BCUT2D eigenvalue weighted by Crippen LogP contribution is 2.31. The van der Waals surface area contributed by atoms with Crippen LogP contribution < -0.4 is 15.0 Å². The molecule has 1 fully saturated rings. The van der Waals surface area contributed by atoms with Crippen LogP contribution in [0.5, 0.6) is 6.01 Å². The van der Waals surface area contributed by atoms with Crippen LogP contribution in [0.25, 0.3) is 0 Å². The molecule has 0 unspecified atom stereocenters. The van der Waals surface area contributed by atoms with E-state index in [4.69, 9.17) is 4.74 Å². The highest BCUT2D eigenvalue weighted by Gasteiger charge is 2.31. The molecule has 0 bridgehead atoms. The zero-order valence-corrected chi connectivity index (χ0v) is 12.7. The third kappa shape index (κ3) is 3.95. The van der Waals surface area contributed by atoms with E-state index in [0.717, 1.165) is 25.3 Å². The van der Waals surface area contributed by atoms with Crippen molar-refractivity contribution in [1.29, 1.82) is 0 Å². The summed E-state index contributed by atoms with van der Waals surface area (Å²) in [6, 6.07) is 1.01. The maximum absolute atomic E-state index is 5.56. The summed E-state index contributed by atoms with van der Waals surface area (Å²) in [5, 5.41) is 2.99. The number of nitrogens with one attached hydrogen (secondary N) is 1. The second-order valence-corrected chi connectivity index (χ2v) is 5.12. The molecule has 6 heteroatoms. The van der Waals surface area contributed by atoms with Crippen molar-refractivity contribution in [3.63, 3.8) is 0 Å². The van der Waals surface area contributed by atoms with Gasteiger partial charge >= 0.3 is 6.01 Å². The van der Waals surface area contributed by atoms with E-state index in [1.165, 1.54) is 19.3 Å². The Hall–Kier alpha value is -1.59. The number of hydrogen-bond acceptors (Lipinski definition) is 6. The normalized spacial score (nSPS) is 14.2. The van der Waals surface area contributed by atoms with E-state index in [1.807, 2.05) is 7.05 Å². The molecule has 0 spiro atoms. The van der Waals surface area contributed by atoms with Gasteiger partial charge in [0.05, 0.1) is 6.61 Å². The van der Waals surface area contributed by atoms with Crippen LogP contribution in [0.1, 0.15) is 46.0 Å². The Balaban J connectivity index is 2.18. The Morgan fingerprint density at radius 3 is 2.60 bits per heavy atom. The summed E-state index contributed by atoms with van der Waals surface area (Å²) in [5.74, 6) is 1.31. The number of unbranched alkanes of at least 4 members (excludes halogenated alkanes) is 1. The maximum Gasteiger partial charge on any atom is 0.323 e. The average Bonchev–Trinajstić information content (AvgIpc) is 3.30. The van der Waals surface area contributed by atoms with Crippen LogP contribution in [0.3, 0.4) is 0 Å². The van der Waals surface area contributed by atoms with E-state index >= 15 is 0 Å². The van der Waals surface area contributed by atoms with Gasteiger partial charge in [-0.3, -0.25) is 0 Å². The minimum absolute atomic E-state index is 0.420. The third-order valence-electron chi connectivity index (χ3n) is 3.26. The van der Waals surface area contributed by atoms with E-state index in [-0.39, 0.29) is 0 Å². The number of anilines is 2. The predicted octanol–water partition coefficient (Wildman–Crippen LogP) is 2.47. The van der Waals surface area contributed by atoms with Gasteiger partial charge in [-0.2, -0.15) is 15.0 Å². The molecule has 2 rings (SSSR count). The Labute approximate surface area is 121 Å². The smallest absolute Gasteiger partial charge is 0.323 e. The van der Waals surface area contributed by atoms with Gasteiger partial charge in [-0.15, -0.1) is 0 Å². The van der Waals surface area contributed by atoms with Crippen molar-refractivity contribution < 1.29 is 4.74 Å². The number of nitrogens with zero attached hydrogens (tertiary/aromatic N) is 4. The molecular weight excluding hydrogens is 254 g/mol. The molecular formula is C14H25N5O. The lowest BCUT2D eigenvalue weighted by molar-refractivity contribution is 0.291. The first-order valence-electron chi connectivity index (χ1n) is 7.61. The fraction of sp³-hybridized carbons (Fsp3) is 0.786. The van der Waals surface area contributed by atoms with Gasteiger partial charge in [-0.1, -0.05) is 20.3 Å². The zero-order chi connectivity index (χ0) is 14.4. The van der Waals surface area contributed by atoms with Crippen LogP contribution in [0.4, 0.5) is 11.9 Å². The van der Waals surface area contributed by atoms with E-state index < -0.39 is 0 Å². The Morgan fingerprint density at radius 2 is 2.00 bits per heavy atom. The van der Waals surface area contributed by atoms with Crippen molar-refractivity contribution >= 4 is 11.9 Å². The molecule has 112 valence electrons. The van der Waals surface area contributed by atoms with Crippen LogP contribution in [0, 0.1) is 0 Å². The fourth-order valence-corrected chi connectivity index (χ4v) is 2.00. The minimum atomic E-state index is 0.420. The monoisotopic (exact) mass is 279 g/mol. The van der Waals surface area contributed by atoms with Gasteiger partial charge < -0.3 is 15.0 Å². The van der Waals surface area contributed by atoms with Gasteiger partial charge in [0.15, 0.2) is 0 Å². The first-order valence-corrected chi connectivity index (χ1v) is 7.61. The Bertz CT molecular complexity index is 422. The molecule has 0 radical (unpaired) electrons. The lowest BCUT2D eigenvalue weighted by Crippen LogP contribution is -2.29. The molecule has 0 aliphatic heterocycles.